The predicted octanol–water partition coefficient (Wildman–Crippen LogP) is 2.95. The molecule has 0 aliphatic carbocycles. The molecule has 2 N–H and O–H groups in total. The van der Waals surface area contributed by atoms with Crippen molar-refractivity contribution in [2.24, 2.45) is 0 Å². The van der Waals surface area contributed by atoms with Crippen LogP contribution in [-0.2, 0) is 6.42 Å². The molecule has 0 saturated carbocycles. The van der Waals surface area contributed by atoms with Crippen molar-refractivity contribution in [1.29, 1.82) is 0 Å². The van der Waals surface area contributed by atoms with Gasteiger partial charge in [0.25, 0.3) is 5.91 Å². The van der Waals surface area contributed by atoms with E-state index in [9.17, 15) is 4.79 Å². The van der Waals surface area contributed by atoms with Crippen molar-refractivity contribution in [3.63, 3.8) is 0 Å². The molecule has 0 fully saturated rings. The molecular weight excluding hydrogens is 302 g/mol. The van der Waals surface area contributed by atoms with Gasteiger partial charge in [-0.1, -0.05) is 12.1 Å². The lowest BCUT2D eigenvalue weighted by atomic mass is 10.1. The lowest BCUT2D eigenvalue weighted by Gasteiger charge is -2.12. The van der Waals surface area contributed by atoms with Crippen LogP contribution in [0.25, 0.3) is 0 Å². The standard InChI is InChI=1S/C19H23N3O2/c1-14-11-16-13-18(22-14)20-8-2-3-10-24-17-6-4-5-15(12-17)7-9-21-19(16)23/h4-6,11-13H,2-3,7-10H2,1H3,(H,20,22)(H,21,23). The highest BCUT2D eigenvalue weighted by molar-refractivity contribution is 5.95. The van der Waals surface area contributed by atoms with Gasteiger partial charge in [-0.25, -0.2) is 4.98 Å². The summed E-state index contributed by atoms with van der Waals surface area (Å²) in [7, 11) is 0. The summed E-state index contributed by atoms with van der Waals surface area (Å²) >= 11 is 0. The van der Waals surface area contributed by atoms with E-state index in [1.807, 2.05) is 37.3 Å². The van der Waals surface area contributed by atoms with Gasteiger partial charge in [-0.05, 0) is 56.0 Å². The number of fused-ring (bicyclic) bond motifs is 4. The summed E-state index contributed by atoms with van der Waals surface area (Å²) in [5.41, 5.74) is 2.64. The molecule has 0 saturated heterocycles. The Bertz CT molecular complexity index is 716. The monoisotopic (exact) mass is 325 g/mol. The first-order chi connectivity index (χ1) is 11.7. The van der Waals surface area contributed by atoms with Gasteiger partial charge in [0.05, 0.1) is 6.61 Å². The van der Waals surface area contributed by atoms with Crippen LogP contribution in [0.1, 0.15) is 34.5 Å². The third kappa shape index (κ3) is 4.47. The molecule has 0 radical (unpaired) electrons. The number of nitrogens with one attached hydrogen (secondary N) is 2. The second kappa shape index (κ2) is 7.81. The molecule has 2 heterocycles. The fourth-order valence-electron chi connectivity index (χ4n) is 2.74. The van der Waals surface area contributed by atoms with E-state index in [1.54, 1.807) is 0 Å². The topological polar surface area (TPSA) is 63.3 Å². The number of aryl methyl sites for hydroxylation is 1. The number of carbonyl (C=O) groups is 1. The van der Waals surface area contributed by atoms with Gasteiger partial charge in [0.15, 0.2) is 0 Å². The third-order valence-electron chi connectivity index (χ3n) is 3.96. The smallest absolute Gasteiger partial charge is 0.251 e. The molecule has 5 heteroatoms. The Balaban J connectivity index is 1.76. The van der Waals surface area contributed by atoms with Crippen molar-refractivity contribution in [1.82, 2.24) is 10.3 Å². The van der Waals surface area contributed by atoms with Gasteiger partial charge in [0.1, 0.15) is 11.6 Å². The van der Waals surface area contributed by atoms with E-state index in [-0.39, 0.29) is 5.91 Å². The van der Waals surface area contributed by atoms with E-state index in [0.717, 1.165) is 48.6 Å². The van der Waals surface area contributed by atoms with Gasteiger partial charge in [-0.2, -0.15) is 0 Å². The molecule has 0 unspecified atom stereocenters. The van der Waals surface area contributed by atoms with E-state index >= 15 is 0 Å². The number of aromatic nitrogens is 1. The Labute approximate surface area is 142 Å². The van der Waals surface area contributed by atoms with Crippen LogP contribution in [0, 0.1) is 6.92 Å². The van der Waals surface area contributed by atoms with E-state index < -0.39 is 0 Å². The molecule has 1 aliphatic heterocycles. The number of ether oxygens (including phenoxy) is 1. The van der Waals surface area contributed by atoms with Crippen molar-refractivity contribution >= 4 is 11.7 Å². The number of anilines is 1. The Morgan fingerprint density at radius 2 is 2.00 bits per heavy atom. The number of carbonyl (C=O) groups excluding carboxylic acids is 1. The molecule has 4 bridgehead atoms. The number of pyridine rings is 1. The maximum absolute atomic E-state index is 12.4. The number of benzene rings is 1. The summed E-state index contributed by atoms with van der Waals surface area (Å²) in [5.74, 6) is 1.57. The third-order valence-corrected chi connectivity index (χ3v) is 3.96. The molecule has 126 valence electrons. The molecule has 2 aromatic rings. The first-order valence-corrected chi connectivity index (χ1v) is 8.43. The summed E-state index contributed by atoms with van der Waals surface area (Å²) in [4.78, 5) is 16.8. The molecule has 24 heavy (non-hydrogen) atoms. The second-order valence-electron chi connectivity index (χ2n) is 6.02. The van der Waals surface area contributed by atoms with E-state index in [4.69, 9.17) is 4.74 Å². The van der Waals surface area contributed by atoms with Crippen molar-refractivity contribution in [3.05, 3.63) is 53.2 Å². The normalized spacial score (nSPS) is 15.8. The van der Waals surface area contributed by atoms with Gasteiger partial charge < -0.3 is 15.4 Å². The maximum atomic E-state index is 12.4. The minimum atomic E-state index is -0.0666. The summed E-state index contributed by atoms with van der Waals surface area (Å²) in [5, 5.41) is 6.26. The molecule has 0 spiro atoms. The molecule has 0 atom stereocenters. The maximum Gasteiger partial charge on any atom is 0.251 e. The van der Waals surface area contributed by atoms with Crippen LogP contribution in [0.5, 0.6) is 5.75 Å². The van der Waals surface area contributed by atoms with Gasteiger partial charge in [0, 0.05) is 24.3 Å². The fraction of sp³-hybridized carbons (Fsp3) is 0.368. The van der Waals surface area contributed by atoms with Gasteiger partial charge >= 0.3 is 0 Å². The van der Waals surface area contributed by atoms with Crippen molar-refractivity contribution < 1.29 is 9.53 Å². The Morgan fingerprint density at radius 3 is 2.92 bits per heavy atom. The molecule has 1 aromatic heterocycles. The minimum Gasteiger partial charge on any atom is -0.494 e. The molecule has 3 rings (SSSR count). The van der Waals surface area contributed by atoms with Crippen LogP contribution in [0.15, 0.2) is 36.4 Å². The quantitative estimate of drug-likeness (QED) is 0.782. The van der Waals surface area contributed by atoms with Crippen LogP contribution >= 0.6 is 0 Å². The molecular formula is C19H23N3O2. The summed E-state index contributed by atoms with van der Waals surface area (Å²) in [6.07, 6.45) is 2.73. The van der Waals surface area contributed by atoms with Gasteiger partial charge in [0.2, 0.25) is 0 Å². The zero-order chi connectivity index (χ0) is 16.8. The first-order valence-electron chi connectivity index (χ1n) is 8.43. The second-order valence-corrected chi connectivity index (χ2v) is 6.02. The van der Waals surface area contributed by atoms with E-state index in [1.165, 1.54) is 0 Å². The summed E-state index contributed by atoms with van der Waals surface area (Å²) in [6.45, 7) is 4.00. The number of nitrogens with zero attached hydrogens (tertiary/aromatic N) is 1. The van der Waals surface area contributed by atoms with Gasteiger partial charge in [-0.15, -0.1) is 0 Å². The highest BCUT2D eigenvalue weighted by Crippen LogP contribution is 2.15. The molecule has 1 amide bonds. The first kappa shape index (κ1) is 16.3. The average Bonchev–Trinajstić information content (AvgIpc) is 2.57. The van der Waals surface area contributed by atoms with Gasteiger partial charge in [-0.3, -0.25) is 4.79 Å². The Kier molecular flexibility index (Phi) is 5.31. The van der Waals surface area contributed by atoms with Crippen LogP contribution < -0.4 is 15.4 Å². The summed E-state index contributed by atoms with van der Waals surface area (Å²) < 4.78 is 5.80. The Hall–Kier alpha value is -2.56. The van der Waals surface area contributed by atoms with Crippen LogP contribution in [0.3, 0.4) is 0 Å². The Morgan fingerprint density at radius 1 is 1.08 bits per heavy atom. The predicted molar refractivity (Wildman–Crippen MR) is 94.7 cm³/mol. The molecule has 1 aromatic carbocycles. The number of hydrogen-bond donors (Lipinski definition) is 2. The zero-order valence-electron chi connectivity index (χ0n) is 14.0. The van der Waals surface area contributed by atoms with Crippen molar-refractivity contribution in [3.8, 4) is 5.75 Å². The lowest BCUT2D eigenvalue weighted by Crippen LogP contribution is -2.26. The summed E-state index contributed by atoms with van der Waals surface area (Å²) in [6, 6.07) is 11.7. The SMILES string of the molecule is Cc1cc2cc(n1)NCCCCOc1cccc(c1)CCNC2=O. The molecule has 1 aliphatic rings. The van der Waals surface area contributed by atoms with Crippen LogP contribution in [0.2, 0.25) is 0 Å². The van der Waals surface area contributed by atoms with E-state index in [0.29, 0.717) is 18.7 Å². The minimum absolute atomic E-state index is 0.0666. The molecule has 5 nitrogen and oxygen atoms in total. The van der Waals surface area contributed by atoms with Crippen molar-refractivity contribution in [2.75, 3.05) is 25.0 Å². The lowest BCUT2D eigenvalue weighted by molar-refractivity contribution is 0.0954. The number of hydrogen-bond acceptors (Lipinski definition) is 4. The average molecular weight is 325 g/mol. The van der Waals surface area contributed by atoms with E-state index in [2.05, 4.69) is 21.7 Å². The van der Waals surface area contributed by atoms with Crippen molar-refractivity contribution in [2.45, 2.75) is 26.2 Å². The number of rotatable bonds is 0. The fourth-order valence-corrected chi connectivity index (χ4v) is 2.74. The largest absolute Gasteiger partial charge is 0.494 e. The van der Waals surface area contributed by atoms with Crippen LogP contribution in [-0.4, -0.2) is 30.6 Å². The highest BCUT2D eigenvalue weighted by atomic mass is 16.5. The zero-order valence-corrected chi connectivity index (χ0v) is 14.0. The van der Waals surface area contributed by atoms with Crippen LogP contribution in [0.4, 0.5) is 5.82 Å². The highest BCUT2D eigenvalue weighted by Gasteiger charge is 2.09. The number of amides is 1.